The van der Waals surface area contributed by atoms with Gasteiger partial charge in [0.2, 0.25) is 0 Å². The van der Waals surface area contributed by atoms with Crippen LogP contribution in [-0.2, 0) is 11.3 Å². The first-order valence-electron chi connectivity index (χ1n) is 8.86. The third-order valence-corrected chi connectivity index (χ3v) is 5.12. The molecular formula is C19H25N3O2. The molecule has 0 radical (unpaired) electrons. The van der Waals surface area contributed by atoms with Crippen LogP contribution in [0.2, 0.25) is 0 Å². The van der Waals surface area contributed by atoms with Crippen molar-refractivity contribution in [2.24, 2.45) is 10.4 Å². The summed E-state index contributed by atoms with van der Waals surface area (Å²) >= 11 is 0. The molecule has 1 N–H and O–H groups in total. The Morgan fingerprint density at radius 2 is 2.25 bits per heavy atom. The second-order valence-electron chi connectivity index (χ2n) is 6.89. The first kappa shape index (κ1) is 15.5. The number of rotatable bonds is 3. The summed E-state index contributed by atoms with van der Waals surface area (Å²) in [7, 11) is 0. The molecule has 2 aromatic rings. The summed E-state index contributed by atoms with van der Waals surface area (Å²) < 4.78 is 11.5. The monoisotopic (exact) mass is 327 g/mol. The molecular weight excluding hydrogens is 302 g/mol. The maximum atomic E-state index is 5.88. The predicted octanol–water partition coefficient (Wildman–Crippen LogP) is 3.01. The van der Waals surface area contributed by atoms with E-state index in [2.05, 4.69) is 29.3 Å². The quantitative estimate of drug-likeness (QED) is 0.695. The van der Waals surface area contributed by atoms with Gasteiger partial charge in [-0.25, -0.2) is 4.99 Å². The normalized spacial score (nSPS) is 24.4. The van der Waals surface area contributed by atoms with E-state index < -0.39 is 0 Å². The summed E-state index contributed by atoms with van der Waals surface area (Å²) in [5.41, 5.74) is 1.27. The lowest BCUT2D eigenvalue weighted by molar-refractivity contribution is 0.156. The van der Waals surface area contributed by atoms with Crippen LogP contribution < -0.4 is 5.32 Å². The van der Waals surface area contributed by atoms with Gasteiger partial charge >= 0.3 is 0 Å². The molecule has 2 fully saturated rings. The number of fused-ring (bicyclic) bond motifs is 1. The van der Waals surface area contributed by atoms with E-state index in [0.717, 1.165) is 55.5 Å². The second-order valence-corrected chi connectivity index (χ2v) is 6.89. The molecule has 2 saturated heterocycles. The van der Waals surface area contributed by atoms with Crippen molar-refractivity contribution in [3.63, 3.8) is 0 Å². The van der Waals surface area contributed by atoms with Gasteiger partial charge in [0.1, 0.15) is 17.9 Å². The zero-order valence-electron chi connectivity index (χ0n) is 14.3. The molecule has 0 bridgehead atoms. The summed E-state index contributed by atoms with van der Waals surface area (Å²) in [6.45, 7) is 7.44. The van der Waals surface area contributed by atoms with E-state index in [1.807, 2.05) is 18.2 Å². The fourth-order valence-electron chi connectivity index (χ4n) is 3.78. The molecule has 0 amide bonds. The fraction of sp³-hybridized carbons (Fsp3) is 0.526. The first-order chi connectivity index (χ1) is 11.8. The Labute approximate surface area is 142 Å². The van der Waals surface area contributed by atoms with Crippen molar-refractivity contribution in [1.29, 1.82) is 0 Å². The van der Waals surface area contributed by atoms with Gasteiger partial charge in [0.05, 0.1) is 6.61 Å². The van der Waals surface area contributed by atoms with Crippen molar-refractivity contribution >= 4 is 16.9 Å². The maximum absolute atomic E-state index is 5.88. The Balaban J connectivity index is 1.49. The van der Waals surface area contributed by atoms with Gasteiger partial charge in [0.15, 0.2) is 5.96 Å². The Bertz CT molecular complexity index is 698. The lowest BCUT2D eigenvalue weighted by Gasteiger charge is -2.24. The minimum atomic E-state index is 0.343. The summed E-state index contributed by atoms with van der Waals surface area (Å²) in [5.74, 6) is 1.89. The molecule has 1 unspecified atom stereocenters. The van der Waals surface area contributed by atoms with Crippen molar-refractivity contribution in [1.82, 2.24) is 10.2 Å². The number of guanidine groups is 1. The molecule has 5 nitrogen and oxygen atoms in total. The number of hydrogen-bond acceptors (Lipinski definition) is 3. The van der Waals surface area contributed by atoms with Crippen LogP contribution >= 0.6 is 0 Å². The third kappa shape index (κ3) is 3.00. The molecule has 1 spiro atoms. The predicted molar refractivity (Wildman–Crippen MR) is 95.1 cm³/mol. The van der Waals surface area contributed by atoms with Crippen LogP contribution in [0.4, 0.5) is 0 Å². The highest BCUT2D eigenvalue weighted by Crippen LogP contribution is 2.38. The van der Waals surface area contributed by atoms with Gasteiger partial charge in [0.25, 0.3) is 0 Å². The van der Waals surface area contributed by atoms with Gasteiger partial charge in [-0.3, -0.25) is 0 Å². The van der Waals surface area contributed by atoms with E-state index in [1.54, 1.807) is 0 Å². The molecule has 128 valence electrons. The van der Waals surface area contributed by atoms with E-state index in [-0.39, 0.29) is 0 Å². The van der Waals surface area contributed by atoms with Gasteiger partial charge in [-0.1, -0.05) is 18.2 Å². The van der Waals surface area contributed by atoms with Crippen LogP contribution in [0.15, 0.2) is 39.7 Å². The third-order valence-electron chi connectivity index (χ3n) is 5.12. The van der Waals surface area contributed by atoms with Crippen molar-refractivity contribution in [2.75, 3.05) is 32.8 Å². The fourth-order valence-corrected chi connectivity index (χ4v) is 3.78. The summed E-state index contributed by atoms with van der Waals surface area (Å²) in [4.78, 5) is 7.19. The Kier molecular flexibility index (Phi) is 4.19. The smallest absolute Gasteiger partial charge is 0.194 e. The minimum absolute atomic E-state index is 0.343. The Morgan fingerprint density at radius 1 is 1.33 bits per heavy atom. The molecule has 2 aliphatic rings. The highest BCUT2D eigenvalue weighted by atomic mass is 16.5. The van der Waals surface area contributed by atoms with E-state index in [9.17, 15) is 0 Å². The standard InChI is InChI=1S/C19H25N3O2/c1-2-20-18(22-9-7-19(13-22)8-10-23-14-19)21-12-16-11-15-5-3-4-6-17(15)24-16/h3-6,11H,2,7-10,12-14H2,1H3,(H,20,21). The van der Waals surface area contributed by atoms with Crippen LogP contribution in [-0.4, -0.2) is 43.7 Å². The largest absolute Gasteiger partial charge is 0.459 e. The van der Waals surface area contributed by atoms with Gasteiger partial charge in [0, 0.05) is 37.0 Å². The molecule has 4 rings (SSSR count). The van der Waals surface area contributed by atoms with Crippen LogP contribution in [0.5, 0.6) is 0 Å². The van der Waals surface area contributed by atoms with Crippen LogP contribution in [0, 0.1) is 5.41 Å². The molecule has 1 aromatic carbocycles. The van der Waals surface area contributed by atoms with Crippen molar-refractivity contribution in [3.05, 3.63) is 36.1 Å². The number of ether oxygens (including phenoxy) is 1. The number of hydrogen-bond donors (Lipinski definition) is 1. The average Bonchev–Trinajstić information content (AvgIpc) is 3.32. The molecule has 24 heavy (non-hydrogen) atoms. The van der Waals surface area contributed by atoms with Crippen LogP contribution in [0.25, 0.3) is 11.0 Å². The number of likely N-dealkylation sites (tertiary alicyclic amines) is 1. The SMILES string of the molecule is CCNC(=NCc1cc2ccccc2o1)N1CCC2(CCOC2)C1. The van der Waals surface area contributed by atoms with E-state index in [1.165, 1.54) is 12.8 Å². The van der Waals surface area contributed by atoms with Gasteiger partial charge in [-0.05, 0) is 31.9 Å². The maximum Gasteiger partial charge on any atom is 0.194 e. The minimum Gasteiger partial charge on any atom is -0.459 e. The van der Waals surface area contributed by atoms with Gasteiger partial charge in [-0.15, -0.1) is 0 Å². The zero-order valence-corrected chi connectivity index (χ0v) is 14.3. The number of furan rings is 1. The lowest BCUT2D eigenvalue weighted by Crippen LogP contribution is -2.41. The van der Waals surface area contributed by atoms with Gasteiger partial charge in [-0.2, -0.15) is 0 Å². The molecule has 0 saturated carbocycles. The summed E-state index contributed by atoms with van der Waals surface area (Å²) in [6.07, 6.45) is 2.37. The number of nitrogens with one attached hydrogen (secondary N) is 1. The number of nitrogens with zero attached hydrogens (tertiary/aromatic N) is 2. The topological polar surface area (TPSA) is 50.0 Å². The number of aliphatic imine (C=N–C) groups is 1. The van der Waals surface area contributed by atoms with E-state index in [4.69, 9.17) is 14.1 Å². The molecule has 2 aliphatic heterocycles. The van der Waals surface area contributed by atoms with E-state index >= 15 is 0 Å². The highest BCUT2D eigenvalue weighted by molar-refractivity contribution is 5.81. The van der Waals surface area contributed by atoms with Gasteiger partial charge < -0.3 is 19.4 Å². The molecule has 5 heteroatoms. The summed E-state index contributed by atoms with van der Waals surface area (Å²) in [6, 6.07) is 10.2. The van der Waals surface area contributed by atoms with Crippen molar-refractivity contribution in [2.45, 2.75) is 26.3 Å². The number of para-hydroxylation sites is 1. The highest BCUT2D eigenvalue weighted by Gasteiger charge is 2.42. The van der Waals surface area contributed by atoms with Crippen molar-refractivity contribution in [3.8, 4) is 0 Å². The average molecular weight is 327 g/mol. The first-order valence-corrected chi connectivity index (χ1v) is 8.86. The lowest BCUT2D eigenvalue weighted by atomic mass is 9.87. The zero-order chi connectivity index (χ0) is 16.4. The molecule has 1 atom stereocenters. The molecule has 3 heterocycles. The van der Waals surface area contributed by atoms with E-state index in [0.29, 0.717) is 12.0 Å². The van der Waals surface area contributed by atoms with Crippen molar-refractivity contribution < 1.29 is 9.15 Å². The summed E-state index contributed by atoms with van der Waals surface area (Å²) in [5, 5.41) is 4.56. The molecule has 0 aliphatic carbocycles. The van der Waals surface area contributed by atoms with Crippen LogP contribution in [0.1, 0.15) is 25.5 Å². The number of benzene rings is 1. The molecule has 1 aromatic heterocycles. The van der Waals surface area contributed by atoms with Crippen LogP contribution in [0.3, 0.4) is 0 Å². The second kappa shape index (κ2) is 6.48. The Morgan fingerprint density at radius 3 is 3.04 bits per heavy atom. The Hall–Kier alpha value is -2.01.